The van der Waals surface area contributed by atoms with E-state index < -0.39 is 0 Å². The van der Waals surface area contributed by atoms with Gasteiger partial charge in [-0.25, -0.2) is 0 Å². The van der Waals surface area contributed by atoms with Crippen LogP contribution in [0.2, 0.25) is 0 Å². The average Bonchev–Trinajstić information content (AvgIpc) is 3.29. The smallest absolute Gasteiger partial charge is 0.233 e. The summed E-state index contributed by atoms with van der Waals surface area (Å²) in [4.78, 5) is 14.7. The summed E-state index contributed by atoms with van der Waals surface area (Å²) in [7, 11) is 1.90. The van der Waals surface area contributed by atoms with Gasteiger partial charge >= 0.3 is 0 Å². The minimum atomic E-state index is 0.219. The van der Waals surface area contributed by atoms with Crippen LogP contribution in [0.3, 0.4) is 0 Å². The minimum Gasteiger partial charge on any atom is -0.461 e. The lowest BCUT2D eigenvalue weighted by Gasteiger charge is -2.41. The van der Waals surface area contributed by atoms with E-state index in [-0.39, 0.29) is 5.91 Å². The van der Waals surface area contributed by atoms with Crippen LogP contribution in [0.15, 0.2) is 28.0 Å². The van der Waals surface area contributed by atoms with Crippen molar-refractivity contribution in [1.82, 2.24) is 19.7 Å². The number of furan rings is 1. The third kappa shape index (κ3) is 3.47. The molecule has 25 heavy (non-hydrogen) atoms. The van der Waals surface area contributed by atoms with Crippen molar-refractivity contribution < 1.29 is 9.21 Å². The van der Waals surface area contributed by atoms with Gasteiger partial charge in [0.05, 0.1) is 12.0 Å². The molecule has 2 atom stereocenters. The first-order valence-electron chi connectivity index (χ1n) is 9.06. The zero-order valence-corrected chi connectivity index (χ0v) is 15.4. The van der Waals surface area contributed by atoms with Gasteiger partial charge < -0.3 is 13.9 Å². The number of carbonyl (C=O) groups is 1. The van der Waals surface area contributed by atoms with Crippen LogP contribution < -0.4 is 0 Å². The first kappa shape index (κ1) is 16.7. The number of piperidine rings is 1. The molecule has 1 aliphatic carbocycles. The molecule has 1 amide bonds. The molecule has 1 saturated heterocycles. The Labute approximate surface area is 152 Å². The number of thioether (sulfide) groups is 1. The van der Waals surface area contributed by atoms with Crippen LogP contribution in [-0.4, -0.2) is 44.4 Å². The summed E-state index contributed by atoms with van der Waals surface area (Å²) in [5.74, 6) is 3.57. The topological polar surface area (TPSA) is 64.2 Å². The Bertz CT molecular complexity index is 728. The van der Waals surface area contributed by atoms with Crippen molar-refractivity contribution in [1.29, 1.82) is 0 Å². The van der Waals surface area contributed by atoms with Gasteiger partial charge in [0.15, 0.2) is 16.7 Å². The number of carbonyl (C=O) groups excluding carboxylic acids is 1. The maximum atomic E-state index is 12.6. The van der Waals surface area contributed by atoms with Gasteiger partial charge in [0.25, 0.3) is 0 Å². The fourth-order valence-corrected chi connectivity index (χ4v) is 4.92. The zero-order chi connectivity index (χ0) is 17.2. The molecule has 0 unspecified atom stereocenters. The van der Waals surface area contributed by atoms with Crippen molar-refractivity contribution in [2.45, 2.75) is 37.3 Å². The van der Waals surface area contributed by atoms with Crippen molar-refractivity contribution in [2.75, 3.05) is 18.8 Å². The summed E-state index contributed by atoms with van der Waals surface area (Å²) in [6.07, 6.45) is 8.14. The second-order valence-electron chi connectivity index (χ2n) is 7.06. The second kappa shape index (κ2) is 7.23. The van der Waals surface area contributed by atoms with Crippen molar-refractivity contribution in [2.24, 2.45) is 18.9 Å². The molecule has 134 valence electrons. The molecule has 2 aromatic heterocycles. The first-order valence-corrected chi connectivity index (χ1v) is 10.0. The third-order valence-corrected chi connectivity index (χ3v) is 6.55. The molecule has 0 bridgehead atoms. The van der Waals surface area contributed by atoms with Crippen LogP contribution in [0.5, 0.6) is 0 Å². The fraction of sp³-hybridized carbons (Fsp3) is 0.611. The highest BCUT2D eigenvalue weighted by atomic mass is 32.2. The SMILES string of the molecule is Cn1c(SCC(=O)N2CC[C@@H]3CCCC[C@H]3C2)nnc1-c1ccco1. The lowest BCUT2D eigenvalue weighted by Crippen LogP contribution is -2.45. The number of nitrogens with zero attached hydrogens (tertiary/aromatic N) is 4. The normalized spacial score (nSPS) is 23.5. The molecule has 2 aromatic rings. The van der Waals surface area contributed by atoms with E-state index in [0.29, 0.717) is 17.3 Å². The maximum Gasteiger partial charge on any atom is 0.233 e. The second-order valence-corrected chi connectivity index (χ2v) is 8.01. The van der Waals surface area contributed by atoms with E-state index in [1.807, 2.05) is 23.7 Å². The van der Waals surface area contributed by atoms with Gasteiger partial charge in [-0.05, 0) is 36.8 Å². The summed E-state index contributed by atoms with van der Waals surface area (Å²) in [5, 5.41) is 9.12. The van der Waals surface area contributed by atoms with E-state index >= 15 is 0 Å². The number of aromatic nitrogens is 3. The predicted molar refractivity (Wildman–Crippen MR) is 96.1 cm³/mol. The van der Waals surface area contributed by atoms with Crippen molar-refractivity contribution >= 4 is 17.7 Å². The van der Waals surface area contributed by atoms with Gasteiger partial charge in [-0.1, -0.05) is 31.0 Å². The predicted octanol–water partition coefficient (Wildman–Crippen LogP) is 3.21. The molecule has 0 N–H and O–H groups in total. The minimum absolute atomic E-state index is 0.219. The van der Waals surface area contributed by atoms with Gasteiger partial charge in [-0.15, -0.1) is 10.2 Å². The van der Waals surface area contributed by atoms with E-state index in [2.05, 4.69) is 15.1 Å². The molecule has 1 aliphatic heterocycles. The van der Waals surface area contributed by atoms with E-state index in [9.17, 15) is 4.79 Å². The highest BCUT2D eigenvalue weighted by Crippen LogP contribution is 2.36. The monoisotopic (exact) mass is 360 g/mol. The van der Waals surface area contributed by atoms with Crippen LogP contribution in [-0.2, 0) is 11.8 Å². The molecule has 7 heteroatoms. The molecule has 2 aliphatic rings. The van der Waals surface area contributed by atoms with E-state index in [4.69, 9.17) is 4.42 Å². The molecule has 6 nitrogen and oxygen atoms in total. The quantitative estimate of drug-likeness (QED) is 0.784. The Morgan fingerprint density at radius 1 is 1.28 bits per heavy atom. The maximum absolute atomic E-state index is 12.6. The molecule has 4 rings (SSSR count). The van der Waals surface area contributed by atoms with E-state index in [0.717, 1.165) is 30.1 Å². The molecule has 3 heterocycles. The van der Waals surface area contributed by atoms with E-state index in [1.165, 1.54) is 43.9 Å². The van der Waals surface area contributed by atoms with Crippen LogP contribution >= 0.6 is 11.8 Å². The average molecular weight is 360 g/mol. The van der Waals surface area contributed by atoms with Gasteiger partial charge in [0, 0.05) is 20.1 Å². The van der Waals surface area contributed by atoms with Crippen LogP contribution in [0, 0.1) is 11.8 Å². The Kier molecular flexibility index (Phi) is 4.83. The van der Waals surface area contributed by atoms with Gasteiger partial charge in [0.2, 0.25) is 5.91 Å². The summed E-state index contributed by atoms with van der Waals surface area (Å²) >= 11 is 1.45. The lowest BCUT2D eigenvalue weighted by atomic mass is 9.75. The highest BCUT2D eigenvalue weighted by Gasteiger charge is 2.32. The number of hydrogen-bond acceptors (Lipinski definition) is 5. The summed E-state index contributed by atoms with van der Waals surface area (Å²) < 4.78 is 7.26. The molecule has 2 fully saturated rings. The summed E-state index contributed by atoms with van der Waals surface area (Å²) in [6.45, 7) is 1.86. The van der Waals surface area contributed by atoms with Gasteiger partial charge in [0.1, 0.15) is 0 Å². The molecule has 0 aromatic carbocycles. The molecular formula is C18H24N4O2S. The van der Waals surface area contributed by atoms with Crippen LogP contribution in [0.4, 0.5) is 0 Å². The zero-order valence-electron chi connectivity index (χ0n) is 14.6. The number of fused-ring (bicyclic) bond motifs is 1. The Morgan fingerprint density at radius 2 is 2.12 bits per heavy atom. The molecule has 1 saturated carbocycles. The number of likely N-dealkylation sites (tertiary alicyclic amines) is 1. The van der Waals surface area contributed by atoms with Gasteiger partial charge in [-0.3, -0.25) is 4.79 Å². The Balaban J connectivity index is 1.35. The number of rotatable bonds is 4. The Morgan fingerprint density at radius 3 is 2.92 bits per heavy atom. The molecule has 0 radical (unpaired) electrons. The van der Waals surface area contributed by atoms with Crippen LogP contribution in [0.25, 0.3) is 11.6 Å². The summed E-state index contributed by atoms with van der Waals surface area (Å²) in [6, 6.07) is 3.69. The lowest BCUT2D eigenvalue weighted by molar-refractivity contribution is -0.131. The number of amides is 1. The standard InChI is InChI=1S/C18H24N4O2S/c1-21-17(15-7-4-10-24-15)19-20-18(21)25-12-16(23)22-9-8-13-5-2-3-6-14(13)11-22/h4,7,10,13-14H,2-3,5-6,8-9,11-12H2,1H3/t13-,14-/m0/s1. The Hall–Kier alpha value is -1.76. The van der Waals surface area contributed by atoms with Crippen molar-refractivity contribution in [3.63, 3.8) is 0 Å². The first-order chi connectivity index (χ1) is 12.2. The highest BCUT2D eigenvalue weighted by molar-refractivity contribution is 7.99. The largest absolute Gasteiger partial charge is 0.461 e. The number of hydrogen-bond donors (Lipinski definition) is 0. The molecular weight excluding hydrogens is 336 g/mol. The van der Waals surface area contributed by atoms with Crippen molar-refractivity contribution in [3.05, 3.63) is 18.4 Å². The fourth-order valence-electron chi connectivity index (χ4n) is 4.11. The molecule has 0 spiro atoms. The van der Waals surface area contributed by atoms with Crippen molar-refractivity contribution in [3.8, 4) is 11.6 Å². The van der Waals surface area contributed by atoms with Crippen LogP contribution in [0.1, 0.15) is 32.1 Å². The third-order valence-electron chi connectivity index (χ3n) is 5.55. The van der Waals surface area contributed by atoms with E-state index in [1.54, 1.807) is 6.26 Å². The summed E-state index contributed by atoms with van der Waals surface area (Å²) in [5.41, 5.74) is 0. The van der Waals surface area contributed by atoms with Gasteiger partial charge in [-0.2, -0.15) is 0 Å².